The molecule has 2 aromatic rings. The number of urea groups is 1. The van der Waals surface area contributed by atoms with E-state index in [9.17, 15) is 10.0 Å². The van der Waals surface area contributed by atoms with Crippen LogP contribution in [0.2, 0.25) is 5.02 Å². The molecule has 146 valence electrons. The summed E-state index contributed by atoms with van der Waals surface area (Å²) in [6.07, 6.45) is 4.09. The molecule has 1 aliphatic rings. The first kappa shape index (κ1) is 20.5. The second-order valence-electron chi connectivity index (χ2n) is 6.51. The van der Waals surface area contributed by atoms with Crippen molar-refractivity contribution in [2.24, 2.45) is 5.10 Å². The normalized spacial score (nSPS) is 18.5. The Kier molecular flexibility index (Phi) is 6.19. The Morgan fingerprint density at radius 3 is 2.93 bits per heavy atom. The van der Waals surface area contributed by atoms with Crippen molar-refractivity contribution < 1.29 is 10.0 Å². The van der Waals surface area contributed by atoms with E-state index >= 15 is 0 Å². The molecule has 2 amide bonds. The number of hydrogen-bond acceptors (Lipinski definition) is 6. The lowest BCUT2D eigenvalue weighted by molar-refractivity contribution is -0.114. The van der Waals surface area contributed by atoms with Crippen molar-refractivity contribution in [1.82, 2.24) is 15.1 Å². The highest BCUT2D eigenvalue weighted by Crippen LogP contribution is 2.42. The number of hydrazone groups is 1. The quantitative estimate of drug-likeness (QED) is 0.320. The van der Waals surface area contributed by atoms with Crippen molar-refractivity contribution >= 4 is 57.8 Å². The highest BCUT2D eigenvalue weighted by Gasteiger charge is 2.50. The van der Waals surface area contributed by atoms with Crippen LogP contribution >= 0.6 is 35.6 Å². The molecular formula is C18H18ClN5O2S2. The Balaban J connectivity index is 1.81. The fourth-order valence-corrected chi connectivity index (χ4v) is 4.64. The largest absolute Gasteiger partial charge is 0.347 e. The van der Waals surface area contributed by atoms with Crippen LogP contribution in [0.5, 0.6) is 0 Å². The molecule has 1 aromatic heterocycles. The molecule has 2 heterocycles. The first-order chi connectivity index (χ1) is 13.3. The van der Waals surface area contributed by atoms with E-state index in [0.29, 0.717) is 20.1 Å². The summed E-state index contributed by atoms with van der Waals surface area (Å²) in [5.41, 5.74) is 1.24. The predicted octanol–water partition coefficient (Wildman–Crippen LogP) is 4.43. The molecule has 1 fully saturated rings. The number of nitrogens with zero attached hydrogens (tertiary/aromatic N) is 4. The number of hydrogen-bond donors (Lipinski definition) is 2. The number of amides is 2. The second-order valence-corrected chi connectivity index (χ2v) is 9.23. The minimum Gasteiger partial charge on any atom is -0.306 e. The lowest BCUT2D eigenvalue weighted by atomic mass is 10.1. The van der Waals surface area contributed by atoms with Gasteiger partial charge in [0.05, 0.1) is 11.0 Å². The number of anilines is 1. The van der Waals surface area contributed by atoms with Crippen molar-refractivity contribution in [3.05, 3.63) is 59.4 Å². The van der Waals surface area contributed by atoms with E-state index in [4.69, 9.17) is 23.8 Å². The van der Waals surface area contributed by atoms with Crippen LogP contribution in [0.4, 0.5) is 10.5 Å². The first-order valence-corrected chi connectivity index (χ1v) is 9.89. The molecule has 0 radical (unpaired) electrons. The second kappa shape index (κ2) is 8.44. The van der Waals surface area contributed by atoms with Gasteiger partial charge in [0.15, 0.2) is 10.5 Å². The lowest BCUT2D eigenvalue weighted by Gasteiger charge is -2.34. The minimum atomic E-state index is -0.808. The highest BCUT2D eigenvalue weighted by atomic mass is 35.5. The number of thioether (sulfide) groups is 1. The van der Waals surface area contributed by atoms with Gasteiger partial charge in [-0.05, 0) is 38.1 Å². The molecule has 0 unspecified atom stereocenters. The maximum atomic E-state index is 12.6. The van der Waals surface area contributed by atoms with Gasteiger partial charge in [0, 0.05) is 28.7 Å². The number of rotatable bonds is 4. The zero-order valence-corrected chi connectivity index (χ0v) is 17.5. The first-order valence-electron chi connectivity index (χ1n) is 8.29. The number of carbonyl (C=O) groups is 1. The molecule has 3 rings (SSSR count). The van der Waals surface area contributed by atoms with Gasteiger partial charge in [0.25, 0.3) is 0 Å². The molecule has 1 atom stereocenters. The maximum Gasteiger partial charge on any atom is 0.347 e. The van der Waals surface area contributed by atoms with Crippen molar-refractivity contribution in [3.63, 3.8) is 0 Å². The van der Waals surface area contributed by atoms with E-state index in [0.717, 1.165) is 5.56 Å². The third-order valence-electron chi connectivity index (χ3n) is 3.92. The number of aromatic nitrogens is 1. The summed E-state index contributed by atoms with van der Waals surface area (Å²) in [6.45, 7) is 3.76. The summed E-state index contributed by atoms with van der Waals surface area (Å²) >= 11 is 12.7. The zero-order valence-electron chi connectivity index (χ0n) is 15.1. The number of hydroxylamine groups is 2. The van der Waals surface area contributed by atoms with Crippen LogP contribution in [-0.2, 0) is 0 Å². The molecule has 7 nitrogen and oxygen atoms in total. The Labute approximate surface area is 177 Å². The summed E-state index contributed by atoms with van der Waals surface area (Å²) in [7, 11) is 0. The fourth-order valence-electron chi connectivity index (χ4n) is 2.67. The van der Waals surface area contributed by atoms with Gasteiger partial charge in [-0.1, -0.05) is 47.7 Å². The van der Waals surface area contributed by atoms with Crippen LogP contribution in [0.25, 0.3) is 0 Å². The van der Waals surface area contributed by atoms with E-state index in [-0.39, 0.29) is 0 Å². The van der Waals surface area contributed by atoms with Crippen molar-refractivity contribution in [3.8, 4) is 0 Å². The van der Waals surface area contributed by atoms with Gasteiger partial charge < -0.3 is 5.32 Å². The van der Waals surface area contributed by atoms with Crippen LogP contribution in [0.3, 0.4) is 0 Å². The van der Waals surface area contributed by atoms with E-state index < -0.39 is 16.9 Å². The summed E-state index contributed by atoms with van der Waals surface area (Å²) in [4.78, 5) is 16.6. The Morgan fingerprint density at radius 2 is 2.25 bits per heavy atom. The van der Waals surface area contributed by atoms with Gasteiger partial charge >= 0.3 is 6.03 Å². The molecule has 0 spiro atoms. The van der Waals surface area contributed by atoms with E-state index in [1.165, 1.54) is 16.8 Å². The highest BCUT2D eigenvalue weighted by molar-refractivity contribution is 8.24. The van der Waals surface area contributed by atoms with Crippen molar-refractivity contribution in [1.29, 1.82) is 0 Å². The average molecular weight is 436 g/mol. The third-order valence-corrected chi connectivity index (χ3v) is 5.69. The predicted molar refractivity (Wildman–Crippen MR) is 116 cm³/mol. The molecule has 0 aliphatic carbocycles. The summed E-state index contributed by atoms with van der Waals surface area (Å²) in [5, 5.41) is 20.2. The van der Waals surface area contributed by atoms with Crippen molar-refractivity contribution in [2.75, 3.05) is 5.32 Å². The van der Waals surface area contributed by atoms with Crippen LogP contribution in [-0.4, -0.2) is 47.7 Å². The summed E-state index contributed by atoms with van der Waals surface area (Å²) < 4.78 is -0.145. The molecule has 28 heavy (non-hydrogen) atoms. The topological polar surface area (TPSA) is 81.1 Å². The van der Waals surface area contributed by atoms with Gasteiger partial charge in [0.1, 0.15) is 0 Å². The average Bonchev–Trinajstić information content (AvgIpc) is 2.88. The van der Waals surface area contributed by atoms with Crippen LogP contribution in [0, 0.1) is 0 Å². The minimum absolute atomic E-state index is 0.449. The van der Waals surface area contributed by atoms with Gasteiger partial charge in [-0.2, -0.15) is 10.2 Å². The Bertz CT molecular complexity index is 910. The van der Waals surface area contributed by atoms with Crippen LogP contribution in [0.1, 0.15) is 19.4 Å². The number of thiocarbonyl (C=S) groups is 1. The van der Waals surface area contributed by atoms with E-state index in [2.05, 4.69) is 15.4 Å². The number of halogens is 1. The fraction of sp³-hybridized carbons (Fsp3) is 0.222. The Hall–Kier alpha value is -2.20. The third kappa shape index (κ3) is 4.61. The molecule has 2 N–H and O–H groups in total. The monoisotopic (exact) mass is 435 g/mol. The van der Waals surface area contributed by atoms with Gasteiger partial charge in [-0.15, -0.1) is 0 Å². The van der Waals surface area contributed by atoms with Gasteiger partial charge in [0.2, 0.25) is 0 Å². The molecule has 0 bridgehead atoms. The zero-order chi connectivity index (χ0) is 20.3. The number of carbonyl (C=O) groups excluding carboxylic acids is 1. The van der Waals surface area contributed by atoms with E-state index in [1.54, 1.807) is 48.9 Å². The van der Waals surface area contributed by atoms with Crippen LogP contribution < -0.4 is 5.32 Å². The molecule has 10 heteroatoms. The summed E-state index contributed by atoms with van der Waals surface area (Å²) in [5.74, 6) is 0. The van der Waals surface area contributed by atoms with Crippen LogP contribution in [0.15, 0.2) is 53.9 Å². The lowest BCUT2D eigenvalue weighted by Crippen LogP contribution is -2.54. The Morgan fingerprint density at radius 1 is 1.46 bits per heavy atom. The van der Waals surface area contributed by atoms with Gasteiger partial charge in [-0.25, -0.2) is 9.80 Å². The van der Waals surface area contributed by atoms with E-state index in [1.807, 2.05) is 19.9 Å². The number of benzene rings is 1. The molecule has 0 saturated carbocycles. The standard InChI is InChI=1S/C18H18ClN5O2S2/c1-18(2)15(24(26)16(25)22-14-7-3-6-13(19)9-14)23(17(27)28-18)21-11-12-5-4-8-20-10-12/h3-11,15,26H,1-2H3,(H,22,25)/b21-11-/t15-/m1/s1. The molecule has 1 saturated heterocycles. The number of pyridine rings is 1. The number of nitrogens with one attached hydrogen (secondary N) is 1. The summed E-state index contributed by atoms with van der Waals surface area (Å²) in [6, 6.07) is 9.57. The molecular weight excluding hydrogens is 418 g/mol. The molecule has 1 aliphatic heterocycles. The SMILES string of the molecule is CC1(C)SC(=S)N(/N=C\c2cccnc2)[C@@H]1N(O)C(=O)Nc1cccc(Cl)c1. The maximum absolute atomic E-state index is 12.6. The smallest absolute Gasteiger partial charge is 0.306 e. The van der Waals surface area contributed by atoms with Crippen molar-refractivity contribution in [2.45, 2.75) is 24.8 Å². The van der Waals surface area contributed by atoms with Gasteiger partial charge in [-0.3, -0.25) is 10.2 Å². The molecule has 1 aromatic carbocycles.